The fourth-order valence-electron chi connectivity index (χ4n) is 2.19. The molecule has 2 aliphatic heterocycles. The number of likely N-dealkylation sites (N-methyl/N-ethyl adjacent to an activating group) is 1. The van der Waals surface area contributed by atoms with Crippen LogP contribution >= 0.6 is 0 Å². The number of nitrogens with one attached hydrogen (secondary N) is 2. The van der Waals surface area contributed by atoms with E-state index in [0.29, 0.717) is 39.1 Å². The molecule has 1 unspecified atom stereocenters. The first-order valence-electron chi connectivity index (χ1n) is 6.15. The number of amides is 3. The van der Waals surface area contributed by atoms with Gasteiger partial charge in [0, 0.05) is 39.8 Å². The molecule has 3 amide bonds. The van der Waals surface area contributed by atoms with Crippen molar-refractivity contribution in [1.29, 1.82) is 0 Å². The Labute approximate surface area is 105 Å². The summed E-state index contributed by atoms with van der Waals surface area (Å²) in [6.45, 7) is 3.08. The Morgan fingerprint density at radius 2 is 1.94 bits per heavy atom. The van der Waals surface area contributed by atoms with Gasteiger partial charge in [0.25, 0.3) is 0 Å². The molecule has 1 atom stereocenters. The van der Waals surface area contributed by atoms with Gasteiger partial charge in [0.05, 0.1) is 0 Å². The molecule has 2 saturated heterocycles. The molecular formula is C11H18N4O3. The van der Waals surface area contributed by atoms with Crippen molar-refractivity contribution >= 4 is 17.7 Å². The smallest absolute Gasteiger partial charge is 0.311 e. The summed E-state index contributed by atoms with van der Waals surface area (Å²) in [5.41, 5.74) is 0. The van der Waals surface area contributed by atoms with Gasteiger partial charge in [0.1, 0.15) is 6.04 Å². The van der Waals surface area contributed by atoms with Gasteiger partial charge in [-0.1, -0.05) is 0 Å². The molecule has 2 fully saturated rings. The molecule has 18 heavy (non-hydrogen) atoms. The second kappa shape index (κ2) is 5.34. The predicted molar refractivity (Wildman–Crippen MR) is 63.6 cm³/mol. The van der Waals surface area contributed by atoms with Crippen LogP contribution in [0, 0.1) is 0 Å². The molecule has 7 heteroatoms. The number of rotatable bonds is 1. The maximum atomic E-state index is 11.8. The molecule has 0 bridgehead atoms. The van der Waals surface area contributed by atoms with E-state index in [1.54, 1.807) is 11.9 Å². The molecule has 0 radical (unpaired) electrons. The normalized spacial score (nSPS) is 24.3. The van der Waals surface area contributed by atoms with Crippen molar-refractivity contribution in [2.24, 2.45) is 0 Å². The molecule has 2 heterocycles. The molecule has 2 rings (SSSR count). The van der Waals surface area contributed by atoms with Gasteiger partial charge in [-0.3, -0.25) is 14.4 Å². The number of hydrogen-bond donors (Lipinski definition) is 2. The summed E-state index contributed by atoms with van der Waals surface area (Å²) in [5, 5.41) is 5.62. The summed E-state index contributed by atoms with van der Waals surface area (Å²) >= 11 is 0. The number of carbonyl (C=O) groups is 3. The fourth-order valence-corrected chi connectivity index (χ4v) is 2.19. The van der Waals surface area contributed by atoms with Crippen LogP contribution in [0.1, 0.15) is 6.42 Å². The SMILES string of the molecule is CN1CCC(NC(=O)C(=O)N2CCNCC2)C1=O. The Morgan fingerprint density at radius 1 is 1.28 bits per heavy atom. The maximum absolute atomic E-state index is 11.8. The average molecular weight is 254 g/mol. The molecule has 0 aliphatic carbocycles. The van der Waals surface area contributed by atoms with E-state index in [1.807, 2.05) is 0 Å². The molecule has 100 valence electrons. The molecule has 0 aromatic rings. The van der Waals surface area contributed by atoms with Gasteiger partial charge in [0.15, 0.2) is 0 Å². The van der Waals surface area contributed by atoms with Gasteiger partial charge >= 0.3 is 11.8 Å². The van der Waals surface area contributed by atoms with Crippen LogP contribution in [0.3, 0.4) is 0 Å². The average Bonchev–Trinajstić information content (AvgIpc) is 2.71. The zero-order valence-electron chi connectivity index (χ0n) is 10.4. The minimum Gasteiger partial charge on any atom is -0.344 e. The quantitative estimate of drug-likeness (QED) is 0.519. The number of likely N-dealkylation sites (tertiary alicyclic amines) is 1. The summed E-state index contributed by atoms with van der Waals surface area (Å²) in [6, 6.07) is -0.547. The molecule has 0 saturated carbocycles. The lowest BCUT2D eigenvalue weighted by Crippen LogP contribution is -2.53. The van der Waals surface area contributed by atoms with Crippen molar-refractivity contribution in [3.05, 3.63) is 0 Å². The largest absolute Gasteiger partial charge is 0.344 e. The highest BCUT2D eigenvalue weighted by Gasteiger charge is 2.33. The van der Waals surface area contributed by atoms with Gasteiger partial charge in [-0.15, -0.1) is 0 Å². The molecule has 0 spiro atoms. The Kier molecular flexibility index (Phi) is 3.81. The molecule has 0 aromatic heterocycles. The van der Waals surface area contributed by atoms with Gasteiger partial charge in [-0.2, -0.15) is 0 Å². The zero-order chi connectivity index (χ0) is 13.1. The number of nitrogens with zero attached hydrogens (tertiary/aromatic N) is 2. The van der Waals surface area contributed by atoms with Crippen LogP contribution in [0.4, 0.5) is 0 Å². The minimum absolute atomic E-state index is 0.128. The van der Waals surface area contributed by atoms with Crippen LogP contribution in [-0.2, 0) is 14.4 Å². The van der Waals surface area contributed by atoms with E-state index in [4.69, 9.17) is 0 Å². The Morgan fingerprint density at radius 3 is 2.50 bits per heavy atom. The predicted octanol–water partition coefficient (Wildman–Crippen LogP) is -2.23. The van der Waals surface area contributed by atoms with Crippen LogP contribution in [0.5, 0.6) is 0 Å². The number of carbonyl (C=O) groups excluding carboxylic acids is 3. The van der Waals surface area contributed by atoms with Crippen LogP contribution in [-0.4, -0.2) is 73.3 Å². The molecule has 2 N–H and O–H groups in total. The molecule has 7 nitrogen and oxygen atoms in total. The van der Waals surface area contributed by atoms with Gasteiger partial charge in [0.2, 0.25) is 5.91 Å². The highest BCUT2D eigenvalue weighted by atomic mass is 16.2. The van der Waals surface area contributed by atoms with E-state index in [2.05, 4.69) is 10.6 Å². The van der Waals surface area contributed by atoms with E-state index in [-0.39, 0.29) is 5.91 Å². The summed E-state index contributed by atoms with van der Waals surface area (Å²) < 4.78 is 0. The van der Waals surface area contributed by atoms with Crippen molar-refractivity contribution in [3.63, 3.8) is 0 Å². The number of hydrogen-bond acceptors (Lipinski definition) is 4. The topological polar surface area (TPSA) is 81.8 Å². The third-order valence-corrected chi connectivity index (χ3v) is 3.33. The minimum atomic E-state index is -0.675. The van der Waals surface area contributed by atoms with Crippen LogP contribution in [0.2, 0.25) is 0 Å². The third kappa shape index (κ3) is 2.61. The maximum Gasteiger partial charge on any atom is 0.311 e. The highest BCUT2D eigenvalue weighted by molar-refractivity contribution is 6.35. The van der Waals surface area contributed by atoms with Gasteiger partial charge < -0.3 is 20.4 Å². The van der Waals surface area contributed by atoms with Gasteiger partial charge in [-0.05, 0) is 6.42 Å². The van der Waals surface area contributed by atoms with Crippen molar-refractivity contribution in [3.8, 4) is 0 Å². The van der Waals surface area contributed by atoms with Gasteiger partial charge in [-0.25, -0.2) is 0 Å². The monoisotopic (exact) mass is 254 g/mol. The fraction of sp³-hybridized carbons (Fsp3) is 0.727. The molecular weight excluding hydrogens is 236 g/mol. The van der Waals surface area contributed by atoms with Crippen molar-refractivity contribution in [2.75, 3.05) is 39.8 Å². The first-order valence-corrected chi connectivity index (χ1v) is 6.15. The lowest BCUT2D eigenvalue weighted by atomic mass is 10.2. The standard InChI is InChI=1S/C11H18N4O3/c1-14-5-2-8(10(14)17)13-9(16)11(18)15-6-3-12-4-7-15/h8,12H,2-7H2,1H3,(H,13,16). The van der Waals surface area contributed by atoms with E-state index in [0.717, 1.165) is 0 Å². The Balaban J connectivity index is 1.87. The van der Waals surface area contributed by atoms with E-state index >= 15 is 0 Å². The molecule has 0 aromatic carbocycles. The Hall–Kier alpha value is -1.63. The summed E-state index contributed by atoms with van der Waals surface area (Å²) in [5.74, 6) is -1.35. The van der Waals surface area contributed by atoms with Crippen molar-refractivity contribution in [1.82, 2.24) is 20.4 Å². The first kappa shape index (κ1) is 12.8. The van der Waals surface area contributed by atoms with Crippen LogP contribution in [0.25, 0.3) is 0 Å². The lowest BCUT2D eigenvalue weighted by molar-refractivity contribution is -0.147. The van der Waals surface area contributed by atoms with Crippen molar-refractivity contribution < 1.29 is 14.4 Å². The lowest BCUT2D eigenvalue weighted by Gasteiger charge is -2.27. The second-order valence-electron chi connectivity index (χ2n) is 4.62. The summed E-state index contributed by atoms with van der Waals surface area (Å²) in [7, 11) is 1.69. The van der Waals surface area contributed by atoms with E-state index < -0.39 is 17.9 Å². The number of piperazine rings is 1. The summed E-state index contributed by atoms with van der Waals surface area (Å²) in [6.07, 6.45) is 0.565. The third-order valence-electron chi connectivity index (χ3n) is 3.33. The van der Waals surface area contributed by atoms with Crippen LogP contribution in [0.15, 0.2) is 0 Å². The zero-order valence-corrected chi connectivity index (χ0v) is 10.4. The first-order chi connectivity index (χ1) is 8.59. The highest BCUT2D eigenvalue weighted by Crippen LogP contribution is 2.08. The second-order valence-corrected chi connectivity index (χ2v) is 4.62. The van der Waals surface area contributed by atoms with Crippen LogP contribution < -0.4 is 10.6 Å². The summed E-state index contributed by atoms with van der Waals surface area (Å²) in [4.78, 5) is 38.3. The van der Waals surface area contributed by atoms with E-state index in [1.165, 1.54) is 4.90 Å². The van der Waals surface area contributed by atoms with Crippen molar-refractivity contribution in [2.45, 2.75) is 12.5 Å². The molecule has 2 aliphatic rings. The van der Waals surface area contributed by atoms with E-state index in [9.17, 15) is 14.4 Å². The Bertz CT molecular complexity index is 365.